The van der Waals surface area contributed by atoms with Gasteiger partial charge in [-0.05, 0) is 61.4 Å². The second-order valence-electron chi connectivity index (χ2n) is 11.2. The van der Waals surface area contributed by atoms with Crippen molar-refractivity contribution in [3.63, 3.8) is 0 Å². The molecule has 1 saturated carbocycles. The minimum absolute atomic E-state index is 0.0487. The summed E-state index contributed by atoms with van der Waals surface area (Å²) in [6, 6.07) is 5.56. The number of aromatic nitrogens is 1. The monoisotopic (exact) mass is 571 g/mol. The molecule has 3 aromatic rings. The fraction of sp³-hybridized carbons (Fsp3) is 0.500. The molecule has 1 aromatic heterocycles. The lowest BCUT2D eigenvalue weighted by molar-refractivity contribution is -0.143. The number of hydrogen-bond donors (Lipinski definition) is 0. The van der Waals surface area contributed by atoms with Crippen molar-refractivity contribution in [3.05, 3.63) is 57.7 Å². The van der Waals surface area contributed by atoms with Gasteiger partial charge in [-0.15, -0.1) is 0 Å². The maximum atomic E-state index is 14.2. The Balaban J connectivity index is 1.36. The highest BCUT2D eigenvalue weighted by atomic mass is 35.5. The average molecular weight is 572 g/mol. The van der Waals surface area contributed by atoms with Crippen LogP contribution < -0.4 is 4.74 Å². The van der Waals surface area contributed by atoms with Gasteiger partial charge in [-0.1, -0.05) is 36.5 Å². The lowest BCUT2D eigenvalue weighted by atomic mass is 9.78. The van der Waals surface area contributed by atoms with Crippen LogP contribution in [0.3, 0.4) is 0 Å². The summed E-state index contributed by atoms with van der Waals surface area (Å²) >= 11 is 6.69. The van der Waals surface area contributed by atoms with Crippen molar-refractivity contribution >= 4 is 34.4 Å². The van der Waals surface area contributed by atoms with Crippen LogP contribution in [0, 0.1) is 23.5 Å². The molecule has 7 nitrogen and oxygen atoms in total. The Kier molecular flexibility index (Phi) is 7.42. The van der Waals surface area contributed by atoms with Crippen LogP contribution in [0.4, 0.5) is 8.78 Å². The molecule has 3 heterocycles. The van der Waals surface area contributed by atoms with Gasteiger partial charge in [0.25, 0.3) is 0 Å². The molecule has 2 fully saturated rings. The molecule has 0 N–H and O–H groups in total. The highest BCUT2D eigenvalue weighted by Gasteiger charge is 2.41. The summed E-state index contributed by atoms with van der Waals surface area (Å²) in [5, 5.41) is 4.83. The minimum Gasteiger partial charge on any atom is -0.487 e. The van der Waals surface area contributed by atoms with E-state index >= 15 is 0 Å². The molecule has 6 rings (SSSR count). The normalized spacial score (nSPS) is 23.1. The number of nitrogens with zero attached hydrogens (tertiary/aromatic N) is 3. The molecule has 212 valence electrons. The van der Waals surface area contributed by atoms with Crippen molar-refractivity contribution in [2.24, 2.45) is 11.8 Å². The van der Waals surface area contributed by atoms with E-state index in [1.54, 1.807) is 12.1 Å². The molecule has 10 heteroatoms. The Morgan fingerprint density at radius 2 is 1.95 bits per heavy atom. The van der Waals surface area contributed by atoms with E-state index in [2.05, 4.69) is 12.1 Å². The first-order valence-electron chi connectivity index (χ1n) is 14.1. The Labute approximate surface area is 236 Å². The summed E-state index contributed by atoms with van der Waals surface area (Å²) in [5.41, 5.74) is 1.75. The quantitative estimate of drug-likeness (QED) is 0.351. The van der Waals surface area contributed by atoms with Crippen molar-refractivity contribution < 1.29 is 27.6 Å². The first-order chi connectivity index (χ1) is 19.3. The number of hydrogen-bond acceptors (Lipinski definition) is 5. The number of rotatable bonds is 6. The second-order valence-corrected chi connectivity index (χ2v) is 11.6. The molecule has 0 unspecified atom stereocenters. The lowest BCUT2D eigenvalue weighted by Gasteiger charge is -2.43. The number of amides is 2. The van der Waals surface area contributed by atoms with E-state index in [4.69, 9.17) is 20.9 Å². The van der Waals surface area contributed by atoms with Gasteiger partial charge >= 0.3 is 0 Å². The Morgan fingerprint density at radius 1 is 1.12 bits per heavy atom. The van der Waals surface area contributed by atoms with Gasteiger partial charge in [0.05, 0.1) is 11.4 Å². The Hall–Kier alpha value is -3.20. The number of carbonyl (C=O) groups is 2. The molecule has 2 aromatic carbocycles. The second kappa shape index (κ2) is 11.0. The van der Waals surface area contributed by atoms with Gasteiger partial charge in [0.15, 0.2) is 5.82 Å². The molecule has 2 aliphatic heterocycles. The summed E-state index contributed by atoms with van der Waals surface area (Å²) in [4.78, 5) is 30.5. The first kappa shape index (κ1) is 27.0. The molecular weight excluding hydrogens is 540 g/mol. The van der Waals surface area contributed by atoms with E-state index in [0.717, 1.165) is 49.3 Å². The third kappa shape index (κ3) is 4.82. The third-order valence-corrected chi connectivity index (χ3v) is 9.18. The van der Waals surface area contributed by atoms with Gasteiger partial charge in [0, 0.05) is 42.6 Å². The molecule has 40 heavy (non-hydrogen) atoms. The predicted octanol–water partition coefficient (Wildman–Crippen LogP) is 6.21. The number of likely N-dealkylation sites (tertiary alicyclic amines) is 1. The van der Waals surface area contributed by atoms with Crippen LogP contribution in [0.2, 0.25) is 5.02 Å². The van der Waals surface area contributed by atoms with Gasteiger partial charge in [-0.2, -0.15) is 4.39 Å². The maximum absolute atomic E-state index is 14.2. The zero-order valence-electron chi connectivity index (χ0n) is 22.4. The maximum Gasteiger partial charge on any atom is 0.226 e. The van der Waals surface area contributed by atoms with Crippen LogP contribution in [-0.4, -0.2) is 46.4 Å². The topological polar surface area (TPSA) is 75.9 Å². The summed E-state index contributed by atoms with van der Waals surface area (Å²) in [7, 11) is 0. The molecule has 1 saturated heterocycles. The molecular formula is C30H32ClF2N3O4. The van der Waals surface area contributed by atoms with E-state index in [0.29, 0.717) is 60.2 Å². The molecule has 0 bridgehead atoms. The van der Waals surface area contributed by atoms with Gasteiger partial charge in [0.2, 0.25) is 23.2 Å². The van der Waals surface area contributed by atoms with E-state index in [9.17, 15) is 18.4 Å². The van der Waals surface area contributed by atoms with Crippen LogP contribution in [-0.2, 0) is 22.6 Å². The standard InChI is InChI=1S/C30H32ClF2N3O4/c1-17-5-2-3-6-18(17)30(38)36-14-12-19-21(31)9-11-25(27(19)24(36)15-35-13-4-7-26(35)37)39-16-23-20-8-10-22(32)28(33)29(20)40-34-23/h8-11,17-18,24H,2-7,12-16H2,1H3/t17-,18+,24+/m0/s1. The van der Waals surface area contributed by atoms with Crippen molar-refractivity contribution in [1.29, 1.82) is 0 Å². The van der Waals surface area contributed by atoms with Gasteiger partial charge in [0.1, 0.15) is 18.1 Å². The number of fused-ring (bicyclic) bond motifs is 2. The van der Waals surface area contributed by atoms with Crippen LogP contribution in [0.25, 0.3) is 11.0 Å². The predicted molar refractivity (Wildman–Crippen MR) is 145 cm³/mol. The van der Waals surface area contributed by atoms with Crippen LogP contribution in [0.15, 0.2) is 28.8 Å². The van der Waals surface area contributed by atoms with Crippen molar-refractivity contribution in [3.8, 4) is 5.75 Å². The van der Waals surface area contributed by atoms with Crippen molar-refractivity contribution in [2.45, 2.75) is 64.5 Å². The van der Waals surface area contributed by atoms with Crippen molar-refractivity contribution in [2.75, 3.05) is 19.6 Å². The highest BCUT2D eigenvalue weighted by Crippen LogP contribution is 2.43. The van der Waals surface area contributed by atoms with Gasteiger partial charge in [-0.3, -0.25) is 9.59 Å². The fourth-order valence-electron chi connectivity index (χ4n) is 6.61. The number of halogens is 3. The smallest absolute Gasteiger partial charge is 0.226 e. The molecule has 3 aliphatic rings. The van der Waals surface area contributed by atoms with E-state index in [-0.39, 0.29) is 29.9 Å². The summed E-state index contributed by atoms with van der Waals surface area (Å²) < 4.78 is 39.2. The van der Waals surface area contributed by atoms with Crippen molar-refractivity contribution in [1.82, 2.24) is 15.0 Å². The average Bonchev–Trinajstić information content (AvgIpc) is 3.56. The van der Waals surface area contributed by atoms with E-state index in [1.165, 1.54) is 6.07 Å². The highest BCUT2D eigenvalue weighted by molar-refractivity contribution is 6.31. The van der Waals surface area contributed by atoms with Crippen LogP contribution >= 0.6 is 11.6 Å². The molecule has 0 radical (unpaired) electrons. The zero-order valence-corrected chi connectivity index (χ0v) is 23.2. The number of carbonyl (C=O) groups excluding carboxylic acids is 2. The molecule has 1 aliphatic carbocycles. The summed E-state index contributed by atoms with van der Waals surface area (Å²) in [6.45, 7) is 3.63. The third-order valence-electron chi connectivity index (χ3n) is 8.82. The molecule has 3 atom stereocenters. The lowest BCUT2D eigenvalue weighted by Crippen LogP contribution is -2.49. The van der Waals surface area contributed by atoms with E-state index in [1.807, 2.05) is 9.80 Å². The molecule has 0 spiro atoms. The minimum atomic E-state index is -1.10. The number of ether oxygens (including phenoxy) is 1. The first-order valence-corrected chi connectivity index (χ1v) is 14.5. The SMILES string of the molecule is C[C@H]1CCCC[C@H]1C(=O)N1CCc2c(Cl)ccc(OCc3noc4c(F)c(F)ccc34)c2[C@H]1CN1CCCC1=O. The Bertz CT molecular complexity index is 1460. The van der Waals surface area contributed by atoms with Crippen LogP contribution in [0.5, 0.6) is 5.75 Å². The van der Waals surface area contributed by atoms with Gasteiger partial charge < -0.3 is 19.1 Å². The number of benzene rings is 2. The molecule has 2 amide bonds. The largest absolute Gasteiger partial charge is 0.487 e. The fourth-order valence-corrected chi connectivity index (χ4v) is 6.87. The summed E-state index contributed by atoms with van der Waals surface area (Å²) in [6.07, 6.45) is 5.95. The van der Waals surface area contributed by atoms with E-state index < -0.39 is 17.7 Å². The van der Waals surface area contributed by atoms with Crippen LogP contribution in [0.1, 0.15) is 68.3 Å². The zero-order chi connectivity index (χ0) is 28.0. The summed E-state index contributed by atoms with van der Waals surface area (Å²) in [5.74, 6) is -1.13. The Morgan fingerprint density at radius 3 is 2.73 bits per heavy atom. The van der Waals surface area contributed by atoms with Gasteiger partial charge in [-0.25, -0.2) is 4.39 Å².